The van der Waals surface area contributed by atoms with E-state index in [9.17, 15) is 0 Å². The Morgan fingerprint density at radius 2 is 2.03 bits per heavy atom. The summed E-state index contributed by atoms with van der Waals surface area (Å²) in [5.74, 6) is 3.33. The predicted molar refractivity (Wildman–Crippen MR) is 112 cm³/mol. The van der Waals surface area contributed by atoms with Crippen LogP contribution < -0.4 is 20.9 Å². The Bertz CT molecular complexity index is 760. The number of hydrogen-bond acceptors (Lipinski definition) is 7. The third kappa shape index (κ3) is 5.58. The van der Waals surface area contributed by atoms with Crippen LogP contribution in [0, 0.1) is 12.8 Å². The van der Waals surface area contributed by atoms with Crippen LogP contribution in [0.2, 0.25) is 0 Å². The van der Waals surface area contributed by atoms with Crippen LogP contribution in [0.3, 0.4) is 0 Å². The number of benzene rings is 1. The first-order chi connectivity index (χ1) is 14.3. The minimum absolute atomic E-state index is 0.191. The SMILES string of the molecule is Cc1ccc(C2NNCC2CNCc2ccccc2OCCN2CCOCC2)o1. The maximum Gasteiger partial charge on any atom is 0.123 e. The number of furan rings is 1. The van der Waals surface area contributed by atoms with E-state index in [1.54, 1.807) is 0 Å². The van der Waals surface area contributed by atoms with Crippen molar-refractivity contribution >= 4 is 0 Å². The molecule has 2 aliphatic rings. The van der Waals surface area contributed by atoms with Gasteiger partial charge in [0.05, 0.1) is 19.3 Å². The predicted octanol–water partition coefficient (Wildman–Crippen LogP) is 1.85. The molecule has 2 aromatic rings. The molecule has 2 saturated heterocycles. The highest BCUT2D eigenvalue weighted by Crippen LogP contribution is 2.26. The van der Waals surface area contributed by atoms with Gasteiger partial charge in [-0.2, -0.15) is 0 Å². The minimum Gasteiger partial charge on any atom is -0.492 e. The molecule has 0 amide bonds. The molecular weight excluding hydrogens is 368 g/mol. The van der Waals surface area contributed by atoms with E-state index in [0.717, 1.165) is 69.8 Å². The first kappa shape index (κ1) is 20.4. The third-order valence-corrected chi connectivity index (χ3v) is 5.62. The van der Waals surface area contributed by atoms with Crippen molar-refractivity contribution < 1.29 is 13.9 Å². The number of nitrogens with zero attached hydrogens (tertiary/aromatic N) is 1. The lowest BCUT2D eigenvalue weighted by atomic mass is 10.00. The number of rotatable bonds is 9. The molecule has 7 nitrogen and oxygen atoms in total. The second kappa shape index (κ2) is 10.2. The van der Waals surface area contributed by atoms with E-state index in [0.29, 0.717) is 12.5 Å². The molecule has 29 heavy (non-hydrogen) atoms. The van der Waals surface area contributed by atoms with E-state index in [1.165, 1.54) is 5.56 Å². The third-order valence-electron chi connectivity index (χ3n) is 5.62. The molecule has 3 N–H and O–H groups in total. The van der Waals surface area contributed by atoms with Crippen molar-refractivity contribution in [3.8, 4) is 5.75 Å². The molecule has 0 saturated carbocycles. The van der Waals surface area contributed by atoms with E-state index in [2.05, 4.69) is 45.3 Å². The van der Waals surface area contributed by atoms with Crippen LogP contribution in [-0.2, 0) is 11.3 Å². The summed E-state index contributed by atoms with van der Waals surface area (Å²) in [5.41, 5.74) is 7.79. The Morgan fingerprint density at radius 3 is 2.86 bits per heavy atom. The zero-order valence-corrected chi connectivity index (χ0v) is 17.2. The lowest BCUT2D eigenvalue weighted by Crippen LogP contribution is -2.38. The van der Waals surface area contributed by atoms with Gasteiger partial charge in [0.25, 0.3) is 0 Å². The maximum atomic E-state index is 6.09. The van der Waals surface area contributed by atoms with Gasteiger partial charge in [-0.05, 0) is 25.1 Å². The lowest BCUT2D eigenvalue weighted by molar-refractivity contribution is 0.0322. The number of aryl methyl sites for hydroxylation is 1. The van der Waals surface area contributed by atoms with Crippen LogP contribution in [-0.4, -0.2) is 57.4 Å². The largest absolute Gasteiger partial charge is 0.492 e. The number of para-hydroxylation sites is 1. The van der Waals surface area contributed by atoms with Gasteiger partial charge in [0, 0.05) is 50.7 Å². The average molecular weight is 401 g/mol. The van der Waals surface area contributed by atoms with Crippen molar-refractivity contribution in [2.24, 2.45) is 5.92 Å². The standard InChI is InChI=1S/C22H32N4O3/c1-17-6-7-21(29-17)22-19(16-24-25-22)15-23-14-18-4-2-3-5-20(18)28-13-10-26-8-11-27-12-9-26/h2-7,19,22-25H,8-16H2,1H3. The van der Waals surface area contributed by atoms with Crippen molar-refractivity contribution in [2.45, 2.75) is 19.5 Å². The van der Waals surface area contributed by atoms with E-state index in [-0.39, 0.29) is 6.04 Å². The highest BCUT2D eigenvalue weighted by atomic mass is 16.5. The molecule has 1 aromatic heterocycles. The quantitative estimate of drug-likeness (QED) is 0.593. The number of hydrazine groups is 1. The van der Waals surface area contributed by atoms with Crippen LogP contribution in [0.25, 0.3) is 0 Å². The van der Waals surface area contributed by atoms with E-state index in [4.69, 9.17) is 13.9 Å². The van der Waals surface area contributed by atoms with Gasteiger partial charge in [0.1, 0.15) is 23.9 Å². The van der Waals surface area contributed by atoms with Crippen LogP contribution in [0.15, 0.2) is 40.8 Å². The molecule has 0 aliphatic carbocycles. The van der Waals surface area contributed by atoms with E-state index >= 15 is 0 Å². The molecular formula is C22H32N4O3. The van der Waals surface area contributed by atoms with Gasteiger partial charge < -0.3 is 19.2 Å². The molecule has 2 aliphatic heterocycles. The highest BCUT2D eigenvalue weighted by Gasteiger charge is 2.30. The molecule has 2 atom stereocenters. The van der Waals surface area contributed by atoms with Crippen LogP contribution in [0.5, 0.6) is 5.75 Å². The molecule has 0 bridgehead atoms. The number of hydrogen-bond donors (Lipinski definition) is 3. The Balaban J connectivity index is 1.25. The molecule has 3 heterocycles. The normalized spacial score (nSPS) is 22.8. The smallest absolute Gasteiger partial charge is 0.123 e. The van der Waals surface area contributed by atoms with Crippen molar-refractivity contribution in [3.05, 3.63) is 53.5 Å². The van der Waals surface area contributed by atoms with Gasteiger partial charge in [0.2, 0.25) is 0 Å². The van der Waals surface area contributed by atoms with E-state index in [1.807, 2.05) is 19.1 Å². The van der Waals surface area contributed by atoms with Crippen LogP contribution in [0.1, 0.15) is 23.1 Å². The Kier molecular flexibility index (Phi) is 7.18. The second-order valence-corrected chi connectivity index (χ2v) is 7.75. The van der Waals surface area contributed by atoms with Crippen molar-refractivity contribution in [1.82, 2.24) is 21.1 Å². The molecule has 2 unspecified atom stereocenters. The summed E-state index contributed by atoms with van der Waals surface area (Å²) in [6.45, 7) is 9.85. The molecule has 0 spiro atoms. The van der Waals surface area contributed by atoms with Gasteiger partial charge in [-0.3, -0.25) is 10.3 Å². The van der Waals surface area contributed by atoms with Crippen LogP contribution >= 0.6 is 0 Å². The van der Waals surface area contributed by atoms with Gasteiger partial charge in [-0.1, -0.05) is 18.2 Å². The zero-order chi connectivity index (χ0) is 19.9. The number of morpholine rings is 1. The van der Waals surface area contributed by atoms with E-state index < -0.39 is 0 Å². The number of nitrogens with one attached hydrogen (secondary N) is 3. The lowest BCUT2D eigenvalue weighted by Gasteiger charge is -2.26. The molecule has 4 rings (SSSR count). The van der Waals surface area contributed by atoms with Gasteiger partial charge in [0.15, 0.2) is 0 Å². The Morgan fingerprint density at radius 1 is 1.17 bits per heavy atom. The second-order valence-electron chi connectivity index (χ2n) is 7.75. The topological polar surface area (TPSA) is 70.9 Å². The molecule has 7 heteroatoms. The summed E-state index contributed by atoms with van der Waals surface area (Å²) in [4.78, 5) is 2.39. The highest BCUT2D eigenvalue weighted by molar-refractivity contribution is 5.33. The fraction of sp³-hybridized carbons (Fsp3) is 0.545. The molecule has 1 aromatic carbocycles. The average Bonchev–Trinajstić information content (AvgIpc) is 3.38. The Hall–Kier alpha value is -1.90. The molecule has 158 valence electrons. The fourth-order valence-electron chi connectivity index (χ4n) is 3.94. The van der Waals surface area contributed by atoms with Gasteiger partial charge in [-0.15, -0.1) is 0 Å². The van der Waals surface area contributed by atoms with Crippen molar-refractivity contribution in [2.75, 3.05) is 52.5 Å². The Labute approximate surface area is 172 Å². The summed E-state index contributed by atoms with van der Waals surface area (Å²) in [7, 11) is 0. The summed E-state index contributed by atoms with van der Waals surface area (Å²) in [6, 6.07) is 12.6. The maximum absolute atomic E-state index is 6.09. The summed E-state index contributed by atoms with van der Waals surface area (Å²) in [6.07, 6.45) is 0. The number of ether oxygens (including phenoxy) is 2. The zero-order valence-electron chi connectivity index (χ0n) is 17.2. The van der Waals surface area contributed by atoms with Crippen molar-refractivity contribution in [1.29, 1.82) is 0 Å². The summed E-state index contributed by atoms with van der Waals surface area (Å²) < 4.78 is 17.3. The monoisotopic (exact) mass is 400 g/mol. The molecule has 0 radical (unpaired) electrons. The first-order valence-corrected chi connectivity index (χ1v) is 10.6. The van der Waals surface area contributed by atoms with Crippen molar-refractivity contribution in [3.63, 3.8) is 0 Å². The van der Waals surface area contributed by atoms with Gasteiger partial charge >= 0.3 is 0 Å². The summed E-state index contributed by atoms with van der Waals surface area (Å²) >= 11 is 0. The van der Waals surface area contributed by atoms with Gasteiger partial charge in [-0.25, -0.2) is 5.43 Å². The minimum atomic E-state index is 0.191. The first-order valence-electron chi connectivity index (χ1n) is 10.6. The summed E-state index contributed by atoms with van der Waals surface area (Å²) in [5, 5.41) is 3.60. The fourth-order valence-corrected chi connectivity index (χ4v) is 3.94. The van der Waals surface area contributed by atoms with Crippen LogP contribution in [0.4, 0.5) is 0 Å². The molecule has 2 fully saturated rings.